The van der Waals surface area contributed by atoms with Crippen molar-refractivity contribution in [3.05, 3.63) is 12.2 Å². The molecule has 14 heavy (non-hydrogen) atoms. The fourth-order valence-corrected chi connectivity index (χ4v) is 1.12. The fraction of sp³-hybridized carbons (Fsp3) is 0.800. The first-order valence-electron chi connectivity index (χ1n) is 4.92. The number of aromatic nitrogens is 3. The maximum absolute atomic E-state index is 9.00. The highest BCUT2D eigenvalue weighted by Crippen LogP contribution is 2.26. The Morgan fingerprint density at radius 1 is 1.50 bits per heavy atom. The van der Waals surface area contributed by atoms with Gasteiger partial charge in [-0.25, -0.2) is 0 Å². The van der Waals surface area contributed by atoms with E-state index in [9.17, 15) is 0 Å². The van der Waals surface area contributed by atoms with Crippen molar-refractivity contribution in [1.29, 1.82) is 0 Å². The van der Waals surface area contributed by atoms with E-state index in [0.717, 1.165) is 6.54 Å². The average molecular weight is 197 g/mol. The molecule has 0 fully saturated rings. The van der Waals surface area contributed by atoms with Crippen LogP contribution in [-0.2, 0) is 13.2 Å². The molecule has 80 valence electrons. The van der Waals surface area contributed by atoms with Gasteiger partial charge in [-0.1, -0.05) is 27.7 Å². The molecular formula is C10H19N3O. The van der Waals surface area contributed by atoms with Crippen LogP contribution in [0.4, 0.5) is 0 Å². The molecule has 1 heterocycles. The molecule has 0 aromatic carbocycles. The minimum atomic E-state index is -0.0448. The molecule has 1 atom stereocenters. The van der Waals surface area contributed by atoms with Gasteiger partial charge in [0, 0.05) is 6.54 Å². The molecule has 1 rings (SSSR count). The molecule has 1 N–H and O–H groups in total. The van der Waals surface area contributed by atoms with Gasteiger partial charge in [-0.05, 0) is 11.3 Å². The Morgan fingerprint density at radius 2 is 2.14 bits per heavy atom. The van der Waals surface area contributed by atoms with E-state index in [2.05, 4.69) is 37.9 Å². The molecule has 0 saturated heterocycles. The van der Waals surface area contributed by atoms with E-state index in [1.807, 2.05) is 4.57 Å². The standard InChI is InChI=1S/C10H19N3O/c1-8(10(2,3)4)5-13-7-11-12-9(13)6-14/h7-8,14H,5-6H2,1-4H3. The Balaban J connectivity index is 2.69. The minimum Gasteiger partial charge on any atom is -0.388 e. The lowest BCUT2D eigenvalue weighted by Crippen LogP contribution is -2.23. The monoisotopic (exact) mass is 197 g/mol. The Labute approximate surface area is 85.0 Å². The summed E-state index contributed by atoms with van der Waals surface area (Å²) >= 11 is 0. The summed E-state index contributed by atoms with van der Waals surface area (Å²) in [5.74, 6) is 1.16. The summed E-state index contributed by atoms with van der Waals surface area (Å²) in [7, 11) is 0. The number of aliphatic hydroxyl groups is 1. The van der Waals surface area contributed by atoms with Crippen molar-refractivity contribution in [2.45, 2.75) is 40.8 Å². The maximum Gasteiger partial charge on any atom is 0.158 e. The Bertz CT molecular complexity index is 288. The van der Waals surface area contributed by atoms with Crippen molar-refractivity contribution in [3.63, 3.8) is 0 Å². The van der Waals surface area contributed by atoms with Crippen molar-refractivity contribution in [3.8, 4) is 0 Å². The second kappa shape index (κ2) is 4.09. The highest BCUT2D eigenvalue weighted by Gasteiger charge is 2.21. The smallest absolute Gasteiger partial charge is 0.158 e. The summed E-state index contributed by atoms with van der Waals surface area (Å²) in [6, 6.07) is 0. The van der Waals surface area contributed by atoms with Crippen LogP contribution in [0.3, 0.4) is 0 Å². The van der Waals surface area contributed by atoms with Crippen LogP contribution in [0.1, 0.15) is 33.5 Å². The third kappa shape index (κ3) is 2.54. The average Bonchev–Trinajstić information content (AvgIpc) is 2.50. The molecule has 0 radical (unpaired) electrons. The zero-order chi connectivity index (χ0) is 10.8. The zero-order valence-electron chi connectivity index (χ0n) is 9.36. The molecule has 4 nitrogen and oxygen atoms in total. The van der Waals surface area contributed by atoms with Gasteiger partial charge in [-0.15, -0.1) is 10.2 Å². The first-order valence-corrected chi connectivity index (χ1v) is 4.92. The van der Waals surface area contributed by atoms with Gasteiger partial charge in [0.2, 0.25) is 0 Å². The molecule has 0 aliphatic rings. The van der Waals surface area contributed by atoms with Gasteiger partial charge >= 0.3 is 0 Å². The molecule has 1 aromatic rings. The molecule has 0 aliphatic heterocycles. The first kappa shape index (κ1) is 11.2. The number of hydrogen-bond acceptors (Lipinski definition) is 3. The van der Waals surface area contributed by atoms with E-state index in [1.165, 1.54) is 0 Å². The van der Waals surface area contributed by atoms with Gasteiger partial charge in [0.05, 0.1) is 0 Å². The van der Waals surface area contributed by atoms with Gasteiger partial charge in [-0.2, -0.15) is 0 Å². The predicted octanol–water partition coefficient (Wildman–Crippen LogP) is 1.45. The van der Waals surface area contributed by atoms with E-state index in [0.29, 0.717) is 11.7 Å². The summed E-state index contributed by atoms with van der Waals surface area (Å²) in [5.41, 5.74) is 0.261. The normalized spacial score (nSPS) is 14.4. The lowest BCUT2D eigenvalue weighted by atomic mass is 9.82. The van der Waals surface area contributed by atoms with Crippen LogP contribution in [-0.4, -0.2) is 19.9 Å². The van der Waals surface area contributed by atoms with Crippen LogP contribution in [0.2, 0.25) is 0 Å². The van der Waals surface area contributed by atoms with Crippen LogP contribution < -0.4 is 0 Å². The zero-order valence-corrected chi connectivity index (χ0v) is 9.36. The summed E-state index contributed by atoms with van der Waals surface area (Å²) < 4.78 is 1.91. The Kier molecular flexibility index (Phi) is 3.26. The van der Waals surface area contributed by atoms with Crippen molar-refractivity contribution in [2.24, 2.45) is 11.3 Å². The number of hydrogen-bond donors (Lipinski definition) is 1. The van der Waals surface area contributed by atoms with E-state index < -0.39 is 0 Å². The SMILES string of the molecule is CC(Cn1cnnc1CO)C(C)(C)C. The van der Waals surface area contributed by atoms with Crippen molar-refractivity contribution in [2.75, 3.05) is 0 Å². The largest absolute Gasteiger partial charge is 0.388 e. The van der Waals surface area contributed by atoms with Crippen LogP contribution in [0.5, 0.6) is 0 Å². The molecular weight excluding hydrogens is 178 g/mol. The number of aliphatic hydroxyl groups excluding tert-OH is 1. The molecule has 1 unspecified atom stereocenters. The van der Waals surface area contributed by atoms with Crippen molar-refractivity contribution < 1.29 is 5.11 Å². The third-order valence-electron chi connectivity index (χ3n) is 2.79. The fourth-order valence-electron chi connectivity index (χ4n) is 1.12. The molecule has 1 aromatic heterocycles. The lowest BCUT2D eigenvalue weighted by Gasteiger charge is -2.27. The maximum atomic E-state index is 9.00. The summed E-state index contributed by atoms with van der Waals surface area (Å²) in [5, 5.41) is 16.6. The van der Waals surface area contributed by atoms with Gasteiger partial charge in [-0.3, -0.25) is 0 Å². The van der Waals surface area contributed by atoms with E-state index in [4.69, 9.17) is 5.11 Å². The quantitative estimate of drug-likeness (QED) is 0.798. The molecule has 0 amide bonds. The van der Waals surface area contributed by atoms with Crippen LogP contribution in [0.25, 0.3) is 0 Å². The van der Waals surface area contributed by atoms with Gasteiger partial charge < -0.3 is 9.67 Å². The summed E-state index contributed by atoms with van der Waals surface area (Å²) in [4.78, 5) is 0. The molecule has 0 spiro atoms. The summed E-state index contributed by atoms with van der Waals surface area (Å²) in [6.45, 7) is 9.63. The number of rotatable bonds is 3. The molecule has 0 bridgehead atoms. The van der Waals surface area contributed by atoms with Crippen LogP contribution in [0, 0.1) is 11.3 Å². The molecule has 0 aliphatic carbocycles. The lowest BCUT2D eigenvalue weighted by molar-refractivity contribution is 0.218. The second-order valence-corrected chi connectivity index (χ2v) is 4.82. The summed E-state index contributed by atoms with van der Waals surface area (Å²) in [6.07, 6.45) is 1.67. The van der Waals surface area contributed by atoms with Gasteiger partial charge in [0.15, 0.2) is 5.82 Å². The van der Waals surface area contributed by atoms with E-state index in [-0.39, 0.29) is 12.0 Å². The second-order valence-electron chi connectivity index (χ2n) is 4.82. The predicted molar refractivity (Wildman–Crippen MR) is 54.6 cm³/mol. The first-order chi connectivity index (χ1) is 6.45. The van der Waals surface area contributed by atoms with Crippen LogP contribution >= 0.6 is 0 Å². The highest BCUT2D eigenvalue weighted by atomic mass is 16.3. The van der Waals surface area contributed by atoms with E-state index in [1.54, 1.807) is 6.33 Å². The van der Waals surface area contributed by atoms with Crippen LogP contribution in [0.15, 0.2) is 6.33 Å². The number of nitrogens with zero attached hydrogens (tertiary/aromatic N) is 3. The van der Waals surface area contributed by atoms with Crippen molar-refractivity contribution >= 4 is 0 Å². The van der Waals surface area contributed by atoms with Crippen molar-refractivity contribution in [1.82, 2.24) is 14.8 Å². The minimum absolute atomic E-state index is 0.0448. The van der Waals surface area contributed by atoms with E-state index >= 15 is 0 Å². The Hall–Kier alpha value is -0.900. The molecule has 0 saturated carbocycles. The Morgan fingerprint density at radius 3 is 2.64 bits per heavy atom. The topological polar surface area (TPSA) is 50.9 Å². The van der Waals surface area contributed by atoms with Gasteiger partial charge in [0.1, 0.15) is 12.9 Å². The van der Waals surface area contributed by atoms with Gasteiger partial charge in [0.25, 0.3) is 0 Å². The highest BCUT2D eigenvalue weighted by molar-refractivity contribution is 4.84. The molecule has 4 heteroatoms. The third-order valence-corrected chi connectivity index (χ3v) is 2.79.